The molecule has 0 aliphatic carbocycles. The van der Waals surface area contributed by atoms with Gasteiger partial charge in [-0.15, -0.1) is 0 Å². The van der Waals surface area contributed by atoms with Gasteiger partial charge in [-0.1, -0.05) is 36.8 Å². The van der Waals surface area contributed by atoms with E-state index in [-0.39, 0.29) is 6.04 Å². The summed E-state index contributed by atoms with van der Waals surface area (Å²) in [5.74, 6) is 0. The van der Waals surface area contributed by atoms with E-state index < -0.39 is 0 Å². The quantitative estimate of drug-likeness (QED) is 0.786. The number of hydrogen-bond donors (Lipinski definition) is 1. The largest absolute Gasteiger partial charge is 0.383 e. The molecule has 1 aromatic rings. The van der Waals surface area contributed by atoms with E-state index in [9.17, 15) is 0 Å². The molecule has 0 radical (unpaired) electrons. The van der Waals surface area contributed by atoms with Crippen LogP contribution in [0.2, 0.25) is 0 Å². The van der Waals surface area contributed by atoms with Crippen LogP contribution < -0.4 is 5.73 Å². The fourth-order valence-electron chi connectivity index (χ4n) is 1.88. The monoisotopic (exact) mass is 236 g/mol. The zero-order valence-electron chi connectivity index (χ0n) is 11.1. The maximum Gasteiger partial charge on any atom is 0.0589 e. The van der Waals surface area contributed by atoms with Gasteiger partial charge in [-0.25, -0.2) is 0 Å². The molecular weight excluding hydrogens is 212 g/mol. The van der Waals surface area contributed by atoms with Gasteiger partial charge in [-0.3, -0.25) is 4.90 Å². The molecule has 17 heavy (non-hydrogen) atoms. The molecule has 2 N–H and O–H groups in total. The molecule has 3 nitrogen and oxygen atoms in total. The maximum atomic E-state index is 6.23. The zero-order valence-corrected chi connectivity index (χ0v) is 11.1. The Hall–Kier alpha value is -0.900. The molecule has 1 aromatic carbocycles. The first kappa shape index (κ1) is 14.2. The highest BCUT2D eigenvalue weighted by atomic mass is 16.5. The summed E-state index contributed by atoms with van der Waals surface area (Å²) >= 11 is 0. The van der Waals surface area contributed by atoms with Crippen LogP contribution in [0.3, 0.4) is 0 Å². The van der Waals surface area contributed by atoms with Gasteiger partial charge in [0.05, 0.1) is 6.61 Å². The SMILES string of the molecule is CCN(CCOC)CC(N)c1cccc(C)c1. The number of benzene rings is 1. The molecule has 0 aromatic heterocycles. The lowest BCUT2D eigenvalue weighted by Gasteiger charge is -2.24. The molecule has 1 atom stereocenters. The highest BCUT2D eigenvalue weighted by Gasteiger charge is 2.10. The van der Waals surface area contributed by atoms with E-state index in [2.05, 4.69) is 43.0 Å². The van der Waals surface area contributed by atoms with Gasteiger partial charge in [-0.2, -0.15) is 0 Å². The standard InChI is InChI=1S/C14H24N2O/c1-4-16(8-9-17-3)11-14(15)13-7-5-6-12(2)10-13/h5-7,10,14H,4,8-9,11,15H2,1-3H3. The summed E-state index contributed by atoms with van der Waals surface area (Å²) < 4.78 is 5.10. The van der Waals surface area contributed by atoms with Crippen LogP contribution in [0.25, 0.3) is 0 Å². The number of methoxy groups -OCH3 is 1. The third-order valence-electron chi connectivity index (χ3n) is 2.98. The smallest absolute Gasteiger partial charge is 0.0589 e. The number of rotatable bonds is 7. The summed E-state index contributed by atoms with van der Waals surface area (Å²) in [5, 5.41) is 0. The summed E-state index contributed by atoms with van der Waals surface area (Å²) in [6.45, 7) is 7.82. The van der Waals surface area contributed by atoms with Crippen LogP contribution in [0.1, 0.15) is 24.1 Å². The van der Waals surface area contributed by atoms with Crippen molar-refractivity contribution in [3.8, 4) is 0 Å². The molecule has 0 fully saturated rings. The van der Waals surface area contributed by atoms with Crippen molar-refractivity contribution in [2.75, 3.05) is 33.4 Å². The molecule has 0 saturated heterocycles. The topological polar surface area (TPSA) is 38.5 Å². The number of nitrogens with two attached hydrogens (primary N) is 1. The number of aryl methyl sites for hydroxylation is 1. The minimum atomic E-state index is 0.0757. The first-order valence-electron chi connectivity index (χ1n) is 6.20. The molecule has 0 saturated carbocycles. The molecule has 96 valence electrons. The number of ether oxygens (including phenoxy) is 1. The first-order chi connectivity index (χ1) is 8.17. The average molecular weight is 236 g/mol. The highest BCUT2D eigenvalue weighted by Crippen LogP contribution is 2.13. The summed E-state index contributed by atoms with van der Waals surface area (Å²) in [7, 11) is 1.73. The fourth-order valence-corrected chi connectivity index (χ4v) is 1.88. The third-order valence-corrected chi connectivity index (χ3v) is 2.98. The molecule has 0 spiro atoms. The van der Waals surface area contributed by atoms with Crippen LogP contribution in [0.5, 0.6) is 0 Å². The van der Waals surface area contributed by atoms with Gasteiger partial charge in [-0.05, 0) is 19.0 Å². The van der Waals surface area contributed by atoms with Gasteiger partial charge in [0.15, 0.2) is 0 Å². The normalized spacial score (nSPS) is 13.0. The van der Waals surface area contributed by atoms with Crippen LogP contribution in [-0.2, 0) is 4.74 Å². The number of hydrogen-bond acceptors (Lipinski definition) is 3. The van der Waals surface area contributed by atoms with Gasteiger partial charge >= 0.3 is 0 Å². The molecule has 0 bridgehead atoms. The van der Waals surface area contributed by atoms with Crippen LogP contribution >= 0.6 is 0 Å². The van der Waals surface area contributed by atoms with E-state index in [1.807, 2.05) is 0 Å². The molecule has 0 aliphatic heterocycles. The van der Waals surface area contributed by atoms with Gasteiger partial charge in [0.1, 0.15) is 0 Å². The predicted molar refractivity (Wildman–Crippen MR) is 72.1 cm³/mol. The fraction of sp³-hybridized carbons (Fsp3) is 0.571. The Bertz CT molecular complexity index is 328. The van der Waals surface area contributed by atoms with Crippen molar-refractivity contribution in [1.29, 1.82) is 0 Å². The lowest BCUT2D eigenvalue weighted by Crippen LogP contribution is -2.34. The Balaban J connectivity index is 2.54. The summed E-state index contributed by atoms with van der Waals surface area (Å²) in [5.41, 5.74) is 8.70. The van der Waals surface area contributed by atoms with Crippen molar-refractivity contribution < 1.29 is 4.74 Å². The lowest BCUT2D eigenvalue weighted by molar-refractivity contribution is 0.147. The van der Waals surface area contributed by atoms with Crippen LogP contribution in [0.4, 0.5) is 0 Å². The Morgan fingerprint density at radius 1 is 1.41 bits per heavy atom. The van der Waals surface area contributed by atoms with Gasteiger partial charge < -0.3 is 10.5 Å². The van der Waals surface area contributed by atoms with Crippen molar-refractivity contribution >= 4 is 0 Å². The average Bonchev–Trinajstić information content (AvgIpc) is 2.34. The Kier molecular flexibility index (Phi) is 6.19. The lowest BCUT2D eigenvalue weighted by atomic mass is 10.0. The molecule has 3 heteroatoms. The minimum absolute atomic E-state index is 0.0757. The predicted octanol–water partition coefficient (Wildman–Crippen LogP) is 1.96. The van der Waals surface area contributed by atoms with Crippen LogP contribution in [0.15, 0.2) is 24.3 Å². The van der Waals surface area contributed by atoms with Crippen molar-refractivity contribution in [2.24, 2.45) is 5.73 Å². The second-order valence-corrected chi connectivity index (χ2v) is 4.41. The van der Waals surface area contributed by atoms with Crippen LogP contribution in [-0.4, -0.2) is 38.3 Å². The van der Waals surface area contributed by atoms with Crippen molar-refractivity contribution in [3.05, 3.63) is 35.4 Å². The van der Waals surface area contributed by atoms with Gasteiger partial charge in [0, 0.05) is 26.2 Å². The summed E-state index contributed by atoms with van der Waals surface area (Å²) in [6.07, 6.45) is 0. The number of likely N-dealkylation sites (N-methyl/N-ethyl adjacent to an activating group) is 1. The minimum Gasteiger partial charge on any atom is -0.383 e. The molecule has 0 amide bonds. The van der Waals surface area contributed by atoms with Gasteiger partial charge in [0.25, 0.3) is 0 Å². The Morgan fingerprint density at radius 3 is 2.76 bits per heavy atom. The molecular formula is C14H24N2O. The second kappa shape index (κ2) is 7.43. The first-order valence-corrected chi connectivity index (χ1v) is 6.20. The molecule has 1 unspecified atom stereocenters. The molecule has 0 heterocycles. The van der Waals surface area contributed by atoms with Crippen molar-refractivity contribution in [2.45, 2.75) is 19.9 Å². The van der Waals surface area contributed by atoms with Gasteiger partial charge in [0.2, 0.25) is 0 Å². The van der Waals surface area contributed by atoms with E-state index >= 15 is 0 Å². The highest BCUT2D eigenvalue weighted by molar-refractivity contribution is 5.25. The van der Waals surface area contributed by atoms with E-state index in [0.717, 1.165) is 26.2 Å². The van der Waals surface area contributed by atoms with Crippen molar-refractivity contribution in [1.82, 2.24) is 4.90 Å². The van der Waals surface area contributed by atoms with E-state index in [0.29, 0.717) is 0 Å². The Morgan fingerprint density at radius 2 is 2.18 bits per heavy atom. The zero-order chi connectivity index (χ0) is 12.7. The van der Waals surface area contributed by atoms with E-state index in [4.69, 9.17) is 10.5 Å². The molecule has 1 rings (SSSR count). The second-order valence-electron chi connectivity index (χ2n) is 4.41. The summed E-state index contributed by atoms with van der Waals surface area (Å²) in [6, 6.07) is 8.50. The summed E-state index contributed by atoms with van der Waals surface area (Å²) in [4.78, 5) is 2.32. The number of nitrogens with zero attached hydrogens (tertiary/aromatic N) is 1. The third kappa shape index (κ3) is 4.86. The van der Waals surface area contributed by atoms with E-state index in [1.165, 1.54) is 11.1 Å². The maximum absolute atomic E-state index is 6.23. The van der Waals surface area contributed by atoms with Crippen LogP contribution in [0, 0.1) is 6.92 Å². The van der Waals surface area contributed by atoms with E-state index in [1.54, 1.807) is 7.11 Å². The van der Waals surface area contributed by atoms with Crippen molar-refractivity contribution in [3.63, 3.8) is 0 Å². The molecule has 0 aliphatic rings. The Labute approximate surface area is 105 Å².